The van der Waals surface area contributed by atoms with E-state index >= 15 is 0 Å². The first-order chi connectivity index (χ1) is 11.8. The number of halogens is 1. The fourth-order valence-electron chi connectivity index (χ4n) is 4.05. The molecule has 0 aliphatic carbocycles. The highest BCUT2D eigenvalue weighted by molar-refractivity contribution is 14.0. The molecule has 0 aromatic heterocycles. The number of nitrogens with one attached hydrogen (secondary N) is 1. The molecule has 3 aliphatic rings. The molecule has 0 aromatic rings. The van der Waals surface area contributed by atoms with Crippen LogP contribution in [0.15, 0.2) is 4.99 Å². The lowest BCUT2D eigenvalue weighted by molar-refractivity contribution is -0.0817. The second-order valence-corrected chi connectivity index (χ2v) is 7.37. The third-order valence-electron chi connectivity index (χ3n) is 5.33. The van der Waals surface area contributed by atoms with Crippen molar-refractivity contribution < 1.29 is 9.47 Å². The van der Waals surface area contributed by atoms with Crippen molar-refractivity contribution >= 4 is 29.9 Å². The van der Waals surface area contributed by atoms with Crippen molar-refractivity contribution in [3.05, 3.63) is 0 Å². The molecule has 3 atom stereocenters. The molecule has 7 heteroatoms. The van der Waals surface area contributed by atoms with Gasteiger partial charge in [0.25, 0.3) is 0 Å². The van der Waals surface area contributed by atoms with Gasteiger partial charge in [0.05, 0.1) is 12.7 Å². The first-order valence-corrected chi connectivity index (χ1v) is 9.71. The standard InChI is InChI=1S/C18H34N4O2.HI/c1-3-19-18(20-12-15-6-4-8-21(2)13-15)22-9-11-24-17(14-22)16-7-5-10-23-16;/h15-17H,3-14H2,1-2H3,(H,19,20);1H. The van der Waals surface area contributed by atoms with Gasteiger partial charge < -0.3 is 24.6 Å². The van der Waals surface area contributed by atoms with Crippen LogP contribution in [-0.4, -0.2) is 87.5 Å². The number of hydrogen-bond donors (Lipinski definition) is 1. The summed E-state index contributed by atoms with van der Waals surface area (Å²) in [6.45, 7) is 9.83. The topological polar surface area (TPSA) is 49.3 Å². The molecule has 0 saturated carbocycles. The van der Waals surface area contributed by atoms with E-state index in [9.17, 15) is 0 Å². The van der Waals surface area contributed by atoms with E-state index in [4.69, 9.17) is 14.5 Å². The van der Waals surface area contributed by atoms with Crippen LogP contribution in [0.2, 0.25) is 0 Å². The van der Waals surface area contributed by atoms with Crippen LogP contribution in [0, 0.1) is 5.92 Å². The van der Waals surface area contributed by atoms with Crippen molar-refractivity contribution in [2.24, 2.45) is 10.9 Å². The van der Waals surface area contributed by atoms with Gasteiger partial charge in [-0.15, -0.1) is 24.0 Å². The first-order valence-electron chi connectivity index (χ1n) is 9.71. The Labute approximate surface area is 169 Å². The van der Waals surface area contributed by atoms with E-state index in [1.54, 1.807) is 0 Å². The summed E-state index contributed by atoms with van der Waals surface area (Å²) >= 11 is 0. The van der Waals surface area contributed by atoms with Crippen molar-refractivity contribution in [2.45, 2.75) is 44.8 Å². The number of piperidine rings is 1. The van der Waals surface area contributed by atoms with Gasteiger partial charge in [-0.25, -0.2) is 0 Å². The molecule has 0 radical (unpaired) electrons. The molecule has 3 unspecified atom stereocenters. The van der Waals surface area contributed by atoms with E-state index in [-0.39, 0.29) is 36.2 Å². The molecule has 3 fully saturated rings. The second kappa shape index (κ2) is 10.9. The van der Waals surface area contributed by atoms with Crippen LogP contribution < -0.4 is 5.32 Å². The van der Waals surface area contributed by atoms with Crippen LogP contribution in [0.3, 0.4) is 0 Å². The highest BCUT2D eigenvalue weighted by Crippen LogP contribution is 2.21. The Morgan fingerprint density at radius 3 is 2.64 bits per heavy atom. The van der Waals surface area contributed by atoms with Gasteiger partial charge in [0.15, 0.2) is 5.96 Å². The smallest absolute Gasteiger partial charge is 0.194 e. The molecule has 146 valence electrons. The third kappa shape index (κ3) is 6.22. The van der Waals surface area contributed by atoms with Gasteiger partial charge in [0, 0.05) is 39.3 Å². The largest absolute Gasteiger partial charge is 0.375 e. The third-order valence-corrected chi connectivity index (χ3v) is 5.33. The molecule has 25 heavy (non-hydrogen) atoms. The molecule has 3 heterocycles. The minimum absolute atomic E-state index is 0. The Hall–Kier alpha value is -0.120. The van der Waals surface area contributed by atoms with Crippen LogP contribution in [0.1, 0.15) is 32.6 Å². The van der Waals surface area contributed by atoms with Crippen molar-refractivity contribution in [2.75, 3.05) is 59.5 Å². The lowest BCUT2D eigenvalue weighted by atomic mass is 9.99. The fraction of sp³-hybridized carbons (Fsp3) is 0.944. The highest BCUT2D eigenvalue weighted by atomic mass is 127. The zero-order valence-corrected chi connectivity index (χ0v) is 18.1. The Morgan fingerprint density at radius 1 is 1.08 bits per heavy atom. The molecule has 3 aliphatic heterocycles. The molecular formula is C18H35IN4O2. The van der Waals surface area contributed by atoms with Crippen LogP contribution in [0.5, 0.6) is 0 Å². The van der Waals surface area contributed by atoms with E-state index in [2.05, 4.69) is 29.1 Å². The second-order valence-electron chi connectivity index (χ2n) is 7.37. The number of nitrogens with zero attached hydrogens (tertiary/aromatic N) is 3. The van der Waals surface area contributed by atoms with E-state index < -0.39 is 0 Å². The maximum atomic E-state index is 5.97. The number of hydrogen-bond acceptors (Lipinski definition) is 4. The Morgan fingerprint density at radius 2 is 1.92 bits per heavy atom. The average Bonchev–Trinajstić information content (AvgIpc) is 3.13. The van der Waals surface area contributed by atoms with E-state index in [1.807, 2.05) is 0 Å². The van der Waals surface area contributed by atoms with Crippen molar-refractivity contribution in [3.8, 4) is 0 Å². The van der Waals surface area contributed by atoms with Crippen molar-refractivity contribution in [1.82, 2.24) is 15.1 Å². The van der Waals surface area contributed by atoms with Crippen LogP contribution in [0.4, 0.5) is 0 Å². The lowest BCUT2D eigenvalue weighted by Gasteiger charge is -2.37. The van der Waals surface area contributed by atoms with Crippen molar-refractivity contribution in [1.29, 1.82) is 0 Å². The number of aliphatic imine (C=N–C) groups is 1. The van der Waals surface area contributed by atoms with Crippen LogP contribution in [-0.2, 0) is 9.47 Å². The van der Waals surface area contributed by atoms with E-state index in [0.29, 0.717) is 5.92 Å². The maximum Gasteiger partial charge on any atom is 0.194 e. The molecule has 1 N–H and O–H groups in total. The predicted octanol–water partition coefficient (Wildman–Crippen LogP) is 1.79. The van der Waals surface area contributed by atoms with Gasteiger partial charge in [-0.05, 0) is 52.1 Å². The summed E-state index contributed by atoms with van der Waals surface area (Å²) in [5.41, 5.74) is 0. The highest BCUT2D eigenvalue weighted by Gasteiger charge is 2.32. The predicted molar refractivity (Wildman–Crippen MR) is 112 cm³/mol. The molecule has 0 amide bonds. The summed E-state index contributed by atoms with van der Waals surface area (Å²) < 4.78 is 11.8. The number of morpholine rings is 1. The average molecular weight is 466 g/mol. The Balaban J connectivity index is 0.00000225. The first kappa shape index (κ1) is 21.2. The van der Waals surface area contributed by atoms with Gasteiger partial charge in [0.1, 0.15) is 6.10 Å². The molecular weight excluding hydrogens is 431 g/mol. The maximum absolute atomic E-state index is 5.97. The zero-order valence-electron chi connectivity index (χ0n) is 15.8. The quantitative estimate of drug-likeness (QED) is 0.389. The van der Waals surface area contributed by atoms with Crippen molar-refractivity contribution in [3.63, 3.8) is 0 Å². The van der Waals surface area contributed by atoms with Crippen LogP contribution >= 0.6 is 24.0 Å². The normalized spacial score (nSPS) is 31.7. The number of ether oxygens (including phenoxy) is 2. The summed E-state index contributed by atoms with van der Waals surface area (Å²) in [5.74, 6) is 1.74. The fourth-order valence-corrected chi connectivity index (χ4v) is 4.05. The zero-order chi connectivity index (χ0) is 16.8. The van der Waals surface area contributed by atoms with Gasteiger partial charge in [-0.3, -0.25) is 4.99 Å². The Bertz CT molecular complexity index is 418. The van der Waals surface area contributed by atoms with Gasteiger partial charge in [-0.2, -0.15) is 0 Å². The molecule has 0 aromatic carbocycles. The molecule has 6 nitrogen and oxygen atoms in total. The minimum atomic E-state index is 0. The monoisotopic (exact) mass is 466 g/mol. The molecule has 3 rings (SSSR count). The summed E-state index contributed by atoms with van der Waals surface area (Å²) in [5, 5.41) is 3.48. The Kier molecular flexibility index (Phi) is 9.23. The number of likely N-dealkylation sites (tertiary alicyclic amines) is 1. The molecule has 0 bridgehead atoms. The molecule has 0 spiro atoms. The molecule has 3 saturated heterocycles. The van der Waals surface area contributed by atoms with Gasteiger partial charge >= 0.3 is 0 Å². The SMILES string of the molecule is CCNC(=NCC1CCCN(C)C1)N1CCOC(C2CCCO2)C1.I. The van der Waals surface area contributed by atoms with Gasteiger partial charge in [0.2, 0.25) is 0 Å². The number of guanidine groups is 1. The van der Waals surface area contributed by atoms with Crippen LogP contribution in [0.25, 0.3) is 0 Å². The number of rotatable bonds is 4. The summed E-state index contributed by atoms with van der Waals surface area (Å²) in [6.07, 6.45) is 5.34. The van der Waals surface area contributed by atoms with E-state index in [0.717, 1.165) is 58.2 Å². The summed E-state index contributed by atoms with van der Waals surface area (Å²) in [6, 6.07) is 0. The van der Waals surface area contributed by atoms with E-state index in [1.165, 1.54) is 25.9 Å². The summed E-state index contributed by atoms with van der Waals surface area (Å²) in [4.78, 5) is 9.76. The summed E-state index contributed by atoms with van der Waals surface area (Å²) in [7, 11) is 2.22. The lowest BCUT2D eigenvalue weighted by Crippen LogP contribution is -2.53. The van der Waals surface area contributed by atoms with Gasteiger partial charge in [-0.1, -0.05) is 0 Å². The minimum Gasteiger partial charge on any atom is -0.375 e.